The van der Waals surface area contributed by atoms with Crippen LogP contribution in [0.3, 0.4) is 0 Å². The van der Waals surface area contributed by atoms with Gasteiger partial charge >= 0.3 is 5.97 Å². The first-order valence-corrected chi connectivity index (χ1v) is 12.7. The maximum Gasteiger partial charge on any atom is 0.336 e. The number of esters is 1. The van der Waals surface area contributed by atoms with Crippen LogP contribution in [0.15, 0.2) is 52.9 Å². The van der Waals surface area contributed by atoms with Crippen LogP contribution >= 0.6 is 0 Å². The van der Waals surface area contributed by atoms with Gasteiger partial charge in [0, 0.05) is 29.3 Å². The van der Waals surface area contributed by atoms with Gasteiger partial charge in [-0.2, -0.15) is 0 Å². The molecule has 2 aromatic carbocycles. The van der Waals surface area contributed by atoms with Crippen molar-refractivity contribution < 1.29 is 28.5 Å². The van der Waals surface area contributed by atoms with E-state index in [2.05, 4.69) is 17.4 Å². The average Bonchev–Trinajstić information content (AvgIpc) is 2.87. The Kier molecular flexibility index (Phi) is 7.91. The van der Waals surface area contributed by atoms with E-state index in [1.54, 1.807) is 21.1 Å². The van der Waals surface area contributed by atoms with Crippen LogP contribution in [-0.4, -0.2) is 32.6 Å². The Hall–Kier alpha value is -3.74. The highest BCUT2D eigenvalue weighted by Crippen LogP contribution is 2.44. The van der Waals surface area contributed by atoms with Crippen molar-refractivity contribution in [2.45, 2.75) is 59.5 Å². The molecule has 1 N–H and O–H groups in total. The van der Waals surface area contributed by atoms with Crippen molar-refractivity contribution >= 4 is 11.8 Å². The molecule has 7 nitrogen and oxygen atoms in total. The van der Waals surface area contributed by atoms with Crippen molar-refractivity contribution in [2.75, 3.05) is 20.8 Å². The number of allylic oxidation sites excluding steroid dienone is 3. The Bertz CT molecular complexity index is 1270. The summed E-state index contributed by atoms with van der Waals surface area (Å²) in [5, 5.41) is 3.34. The summed E-state index contributed by atoms with van der Waals surface area (Å²) in [5.74, 6) is 0.847. The zero-order valence-corrected chi connectivity index (χ0v) is 22.4. The molecule has 1 atom stereocenters. The van der Waals surface area contributed by atoms with E-state index in [0.29, 0.717) is 34.8 Å². The van der Waals surface area contributed by atoms with Crippen molar-refractivity contribution in [1.29, 1.82) is 0 Å². The number of aryl methyl sites for hydroxylation is 2. The van der Waals surface area contributed by atoms with Gasteiger partial charge in [-0.25, -0.2) is 4.79 Å². The van der Waals surface area contributed by atoms with Crippen LogP contribution in [0.2, 0.25) is 0 Å². The quantitative estimate of drug-likeness (QED) is 0.479. The lowest BCUT2D eigenvalue weighted by Gasteiger charge is -2.35. The zero-order valence-electron chi connectivity index (χ0n) is 22.4. The zero-order chi connectivity index (χ0) is 26.7. The second-order valence-electron chi connectivity index (χ2n) is 9.40. The van der Waals surface area contributed by atoms with Gasteiger partial charge in [-0.1, -0.05) is 18.2 Å². The Balaban J connectivity index is 1.80. The predicted octanol–water partition coefficient (Wildman–Crippen LogP) is 5.43. The molecule has 2 aromatic rings. The van der Waals surface area contributed by atoms with Gasteiger partial charge in [0.25, 0.3) is 0 Å². The molecule has 0 radical (unpaired) electrons. The van der Waals surface area contributed by atoms with Gasteiger partial charge in [-0.3, -0.25) is 4.79 Å². The summed E-state index contributed by atoms with van der Waals surface area (Å²) in [5.41, 5.74) is 6.69. The fourth-order valence-electron chi connectivity index (χ4n) is 5.27. The number of hydrogen-bond acceptors (Lipinski definition) is 7. The van der Waals surface area contributed by atoms with Crippen LogP contribution in [0.25, 0.3) is 0 Å². The fourth-order valence-corrected chi connectivity index (χ4v) is 5.27. The van der Waals surface area contributed by atoms with Crippen LogP contribution in [0, 0.1) is 13.8 Å². The van der Waals surface area contributed by atoms with E-state index in [1.807, 2.05) is 39.0 Å². The van der Waals surface area contributed by atoms with Gasteiger partial charge in [-0.15, -0.1) is 0 Å². The second kappa shape index (κ2) is 11.1. The largest absolute Gasteiger partial charge is 0.493 e. The molecule has 0 amide bonds. The molecule has 0 unspecified atom stereocenters. The number of carbonyl (C=O) groups is 2. The minimum Gasteiger partial charge on any atom is -0.493 e. The molecule has 37 heavy (non-hydrogen) atoms. The summed E-state index contributed by atoms with van der Waals surface area (Å²) in [6, 6.07) is 9.63. The molecular weight excluding hydrogens is 470 g/mol. The number of dihydropyridines is 1. The lowest BCUT2D eigenvalue weighted by atomic mass is 9.73. The van der Waals surface area contributed by atoms with Gasteiger partial charge in [0.2, 0.25) is 5.75 Å². The summed E-state index contributed by atoms with van der Waals surface area (Å²) in [7, 11) is 3.18. The van der Waals surface area contributed by atoms with Crippen molar-refractivity contribution in [3.8, 4) is 17.2 Å². The normalized spacial score (nSPS) is 17.2. The minimum absolute atomic E-state index is 0.0737. The van der Waals surface area contributed by atoms with Gasteiger partial charge in [0.05, 0.1) is 26.4 Å². The molecule has 0 spiro atoms. The maximum atomic E-state index is 13.2. The fraction of sp³-hybridized carbons (Fsp3) is 0.400. The summed E-state index contributed by atoms with van der Waals surface area (Å²) < 4.78 is 22.6. The highest BCUT2D eigenvalue weighted by molar-refractivity contribution is 6.03. The molecule has 0 saturated heterocycles. The third-order valence-electron chi connectivity index (χ3n) is 7.06. The molecule has 1 heterocycles. The van der Waals surface area contributed by atoms with E-state index in [9.17, 15) is 9.59 Å². The predicted molar refractivity (Wildman–Crippen MR) is 141 cm³/mol. The number of ketones is 1. The van der Waals surface area contributed by atoms with E-state index >= 15 is 0 Å². The summed E-state index contributed by atoms with van der Waals surface area (Å²) >= 11 is 0. The van der Waals surface area contributed by atoms with Gasteiger partial charge < -0.3 is 24.3 Å². The lowest BCUT2D eigenvalue weighted by Crippen LogP contribution is -2.34. The number of methoxy groups -OCH3 is 2. The molecule has 7 heteroatoms. The van der Waals surface area contributed by atoms with Crippen LogP contribution in [0.1, 0.15) is 61.3 Å². The first kappa shape index (κ1) is 26.3. The Morgan fingerprint density at radius 2 is 1.73 bits per heavy atom. The number of nitrogens with one attached hydrogen (secondary N) is 1. The summed E-state index contributed by atoms with van der Waals surface area (Å²) in [6.45, 7) is 8.23. The molecule has 1 aliphatic heterocycles. The van der Waals surface area contributed by atoms with Crippen LogP contribution < -0.4 is 19.5 Å². The molecule has 0 aromatic heterocycles. The molecule has 0 saturated carbocycles. The number of hydrogen-bond donors (Lipinski definition) is 1. The highest BCUT2D eigenvalue weighted by atomic mass is 16.5. The number of rotatable bonds is 8. The molecule has 2 aliphatic rings. The number of carbonyl (C=O) groups excluding carboxylic acids is 2. The van der Waals surface area contributed by atoms with E-state index in [4.69, 9.17) is 18.9 Å². The molecular formula is C30H35NO6. The van der Waals surface area contributed by atoms with E-state index < -0.39 is 11.9 Å². The first-order valence-electron chi connectivity index (χ1n) is 12.7. The average molecular weight is 506 g/mol. The van der Waals surface area contributed by atoms with Gasteiger partial charge in [0.1, 0.15) is 6.61 Å². The highest BCUT2D eigenvalue weighted by Gasteiger charge is 2.39. The Morgan fingerprint density at radius 1 is 1.03 bits per heavy atom. The number of para-hydroxylation sites is 1. The van der Waals surface area contributed by atoms with E-state index in [-0.39, 0.29) is 19.0 Å². The van der Waals surface area contributed by atoms with Crippen LogP contribution in [0.5, 0.6) is 17.2 Å². The number of Topliss-reactive ketones (excluding diaryl/α,β-unsaturated/α-hetero) is 1. The number of ether oxygens (including phenoxy) is 4. The standard InChI is InChI=1S/C30H35NO6/c1-7-36-30(33)26-19(4)31-22-10-8-11-23(32)28(22)27(26)21-15-20(17(2)14-18(21)3)16-37-29-24(34-5)12-9-13-25(29)35-6/h9,12-15,27,31H,7-8,10-11,16H2,1-6H3/t27-/m1/s1. The topological polar surface area (TPSA) is 83.1 Å². The van der Waals surface area contributed by atoms with E-state index in [1.165, 1.54) is 0 Å². The lowest BCUT2D eigenvalue weighted by molar-refractivity contribution is -0.138. The van der Waals surface area contributed by atoms with Gasteiger partial charge in [-0.05, 0) is 74.9 Å². The maximum absolute atomic E-state index is 13.2. The third kappa shape index (κ3) is 5.08. The van der Waals surface area contributed by atoms with Crippen molar-refractivity contribution in [3.63, 3.8) is 0 Å². The number of benzene rings is 2. The molecule has 0 fully saturated rings. The minimum atomic E-state index is -0.497. The molecule has 196 valence electrons. The Labute approximate surface area is 218 Å². The first-order chi connectivity index (χ1) is 17.8. The van der Waals surface area contributed by atoms with Crippen LogP contribution in [-0.2, 0) is 20.9 Å². The summed E-state index contributed by atoms with van der Waals surface area (Å²) in [4.78, 5) is 26.4. The van der Waals surface area contributed by atoms with Crippen molar-refractivity contribution in [1.82, 2.24) is 5.32 Å². The SMILES string of the molecule is CCOC(=O)C1=C(C)NC2=C(C(=O)CCC2)[C@@H]1c1cc(COc2c(OC)cccc2OC)c(C)cc1C. The molecule has 1 aliphatic carbocycles. The molecule has 0 bridgehead atoms. The molecule has 4 rings (SSSR count). The van der Waals surface area contributed by atoms with Crippen LogP contribution in [0.4, 0.5) is 0 Å². The monoisotopic (exact) mass is 505 g/mol. The van der Waals surface area contributed by atoms with Crippen molar-refractivity contribution in [2.24, 2.45) is 0 Å². The van der Waals surface area contributed by atoms with Gasteiger partial charge in [0.15, 0.2) is 17.3 Å². The smallest absolute Gasteiger partial charge is 0.336 e. The third-order valence-corrected chi connectivity index (χ3v) is 7.06. The second-order valence-corrected chi connectivity index (χ2v) is 9.40. The summed E-state index contributed by atoms with van der Waals surface area (Å²) in [6.07, 6.45) is 2.05. The Morgan fingerprint density at radius 3 is 2.38 bits per heavy atom. The van der Waals surface area contributed by atoms with Crippen molar-refractivity contribution in [3.05, 3.63) is 75.1 Å². The van der Waals surface area contributed by atoms with E-state index in [0.717, 1.165) is 46.5 Å².